The van der Waals surface area contributed by atoms with Gasteiger partial charge in [-0.2, -0.15) is 0 Å². The Bertz CT molecular complexity index is 2410. The third-order valence-electron chi connectivity index (χ3n) is 8.67. The Hall–Kier alpha value is -4.97. The van der Waals surface area contributed by atoms with Gasteiger partial charge < -0.3 is 0 Å². The normalized spacial score (nSPS) is 15.3. The SMILES string of the molecule is Clc1ccc(-c2nc(-c3ccccc3)c(-c3ccccc3)n2C2(c3cc(-c4ccccc4)c(Cl)cc3Cl)N=CC(c3ccccc3)=N2)c(Cl)c1. The molecule has 1 unspecified atom stereocenters. The van der Waals surface area contributed by atoms with Crippen molar-refractivity contribution in [2.45, 2.75) is 5.79 Å². The molecule has 7 aromatic rings. The zero-order valence-corrected chi connectivity index (χ0v) is 29.3. The summed E-state index contributed by atoms with van der Waals surface area (Å²) < 4.78 is 2.05. The van der Waals surface area contributed by atoms with E-state index in [9.17, 15) is 0 Å². The summed E-state index contributed by atoms with van der Waals surface area (Å²) in [6, 6.07) is 49.2. The molecule has 0 saturated heterocycles. The molecule has 50 heavy (non-hydrogen) atoms. The van der Waals surface area contributed by atoms with Gasteiger partial charge in [0.15, 0.2) is 0 Å². The quantitative estimate of drug-likeness (QED) is 0.161. The molecular formula is C42H26Cl4N4. The third-order valence-corrected chi connectivity index (χ3v) is 9.84. The Morgan fingerprint density at radius 1 is 0.500 bits per heavy atom. The van der Waals surface area contributed by atoms with Gasteiger partial charge in [0, 0.05) is 43.4 Å². The fourth-order valence-corrected chi connectivity index (χ4v) is 7.47. The molecule has 1 aliphatic rings. The van der Waals surface area contributed by atoms with E-state index in [-0.39, 0.29) is 0 Å². The van der Waals surface area contributed by atoms with Gasteiger partial charge in [-0.3, -0.25) is 4.57 Å². The van der Waals surface area contributed by atoms with E-state index in [1.165, 1.54) is 0 Å². The van der Waals surface area contributed by atoms with Crippen LogP contribution in [0.3, 0.4) is 0 Å². The van der Waals surface area contributed by atoms with Gasteiger partial charge in [-0.15, -0.1) is 0 Å². The summed E-state index contributed by atoms with van der Waals surface area (Å²) in [7, 11) is 0. The van der Waals surface area contributed by atoms with Crippen LogP contribution in [0, 0.1) is 0 Å². The smallest absolute Gasteiger partial charge is 0.262 e. The summed E-state index contributed by atoms with van der Waals surface area (Å²) in [4.78, 5) is 16.2. The van der Waals surface area contributed by atoms with Crippen molar-refractivity contribution < 1.29 is 0 Å². The van der Waals surface area contributed by atoms with Crippen LogP contribution in [0.1, 0.15) is 11.1 Å². The minimum absolute atomic E-state index is 0.395. The zero-order valence-electron chi connectivity index (χ0n) is 26.3. The van der Waals surface area contributed by atoms with Crippen molar-refractivity contribution in [1.82, 2.24) is 9.55 Å². The van der Waals surface area contributed by atoms with E-state index < -0.39 is 5.79 Å². The van der Waals surface area contributed by atoms with E-state index in [0.29, 0.717) is 42.8 Å². The van der Waals surface area contributed by atoms with Crippen LogP contribution in [0.25, 0.3) is 45.0 Å². The lowest BCUT2D eigenvalue weighted by atomic mass is 9.98. The Balaban J connectivity index is 1.55. The Morgan fingerprint density at radius 3 is 1.68 bits per heavy atom. The average molecular weight is 729 g/mol. The van der Waals surface area contributed by atoms with Gasteiger partial charge in [0.2, 0.25) is 0 Å². The largest absolute Gasteiger partial charge is 0.275 e. The molecule has 8 rings (SSSR count). The molecule has 0 spiro atoms. The minimum atomic E-state index is -1.49. The molecule has 1 aliphatic heterocycles. The van der Waals surface area contributed by atoms with Gasteiger partial charge in [-0.05, 0) is 35.9 Å². The topological polar surface area (TPSA) is 42.5 Å². The Labute approximate surface area is 310 Å². The second-order valence-electron chi connectivity index (χ2n) is 11.8. The number of hydrogen-bond acceptors (Lipinski definition) is 3. The second-order valence-corrected chi connectivity index (χ2v) is 13.4. The molecule has 4 nitrogen and oxygen atoms in total. The number of aromatic nitrogens is 2. The minimum Gasteiger partial charge on any atom is -0.275 e. The standard InChI is InChI=1S/C42H26Cl4N4/c43-31-21-22-32(35(44)23-31)41-48-39(29-17-9-3-10-18-29)40(30-19-11-4-12-20-30)50(41)42(47-26-38(49-42)28-15-7-2-8-16-28)34-24-33(36(45)25-37(34)46)27-13-5-1-6-14-27/h1-26H. The van der Waals surface area contributed by atoms with Crippen molar-refractivity contribution >= 4 is 58.3 Å². The average Bonchev–Trinajstić information content (AvgIpc) is 3.77. The molecule has 8 heteroatoms. The van der Waals surface area contributed by atoms with Crippen LogP contribution in [0.2, 0.25) is 20.1 Å². The first-order valence-electron chi connectivity index (χ1n) is 15.9. The van der Waals surface area contributed by atoms with Gasteiger partial charge in [0.05, 0.1) is 33.4 Å². The van der Waals surface area contributed by atoms with E-state index in [0.717, 1.165) is 39.2 Å². The summed E-state index contributed by atoms with van der Waals surface area (Å²) in [5.41, 5.74) is 7.90. The van der Waals surface area contributed by atoms with Gasteiger partial charge in [-0.25, -0.2) is 15.0 Å². The van der Waals surface area contributed by atoms with Gasteiger partial charge in [-0.1, -0.05) is 168 Å². The van der Waals surface area contributed by atoms with Crippen molar-refractivity contribution in [3.63, 3.8) is 0 Å². The Kier molecular flexibility index (Phi) is 8.64. The highest BCUT2D eigenvalue weighted by atomic mass is 35.5. The van der Waals surface area contributed by atoms with Gasteiger partial charge in [0.1, 0.15) is 5.82 Å². The lowest BCUT2D eigenvalue weighted by Crippen LogP contribution is -2.32. The number of halogens is 4. The van der Waals surface area contributed by atoms with E-state index in [4.69, 9.17) is 61.4 Å². The van der Waals surface area contributed by atoms with Gasteiger partial charge >= 0.3 is 0 Å². The zero-order chi connectivity index (χ0) is 34.2. The summed E-state index contributed by atoms with van der Waals surface area (Å²) in [6.45, 7) is 0. The maximum Gasteiger partial charge on any atom is 0.262 e. The molecule has 1 atom stereocenters. The first kappa shape index (κ1) is 32.2. The highest BCUT2D eigenvalue weighted by Gasteiger charge is 2.44. The van der Waals surface area contributed by atoms with Crippen LogP contribution in [0.15, 0.2) is 162 Å². The molecule has 0 N–H and O–H groups in total. The number of nitrogens with zero attached hydrogens (tertiary/aromatic N) is 4. The second kappa shape index (κ2) is 13.4. The number of rotatable bonds is 7. The predicted octanol–water partition coefficient (Wildman–Crippen LogP) is 12.4. The molecule has 0 radical (unpaired) electrons. The van der Waals surface area contributed by atoms with Crippen molar-refractivity contribution in [3.8, 4) is 45.0 Å². The maximum absolute atomic E-state index is 7.27. The highest BCUT2D eigenvalue weighted by molar-refractivity contribution is 6.40. The first-order valence-corrected chi connectivity index (χ1v) is 17.4. The molecule has 0 fully saturated rings. The summed E-state index contributed by atoms with van der Waals surface area (Å²) in [6.07, 6.45) is 1.80. The van der Waals surface area contributed by atoms with Crippen LogP contribution in [-0.4, -0.2) is 21.5 Å². The van der Waals surface area contributed by atoms with Crippen LogP contribution in [-0.2, 0) is 5.79 Å². The maximum atomic E-state index is 7.27. The lowest BCUT2D eigenvalue weighted by molar-refractivity contribution is 0.410. The van der Waals surface area contributed by atoms with Crippen LogP contribution >= 0.6 is 46.4 Å². The number of benzene rings is 6. The molecule has 2 heterocycles. The number of aliphatic imine (C=N–C) groups is 2. The molecule has 1 aromatic heterocycles. The summed E-state index contributed by atoms with van der Waals surface area (Å²) >= 11 is 27.6. The molecule has 0 saturated carbocycles. The van der Waals surface area contributed by atoms with Crippen LogP contribution in [0.4, 0.5) is 0 Å². The predicted molar refractivity (Wildman–Crippen MR) is 209 cm³/mol. The van der Waals surface area contributed by atoms with Crippen LogP contribution in [0.5, 0.6) is 0 Å². The number of imidazole rings is 1. The van der Waals surface area contributed by atoms with Gasteiger partial charge in [0.25, 0.3) is 5.79 Å². The van der Waals surface area contributed by atoms with Crippen molar-refractivity contribution in [2.75, 3.05) is 0 Å². The third kappa shape index (κ3) is 5.74. The van der Waals surface area contributed by atoms with E-state index >= 15 is 0 Å². The molecule has 242 valence electrons. The van der Waals surface area contributed by atoms with Crippen LogP contribution < -0.4 is 0 Å². The highest BCUT2D eigenvalue weighted by Crippen LogP contribution is 2.49. The monoisotopic (exact) mass is 726 g/mol. The van der Waals surface area contributed by atoms with Crippen molar-refractivity contribution in [1.29, 1.82) is 0 Å². The van der Waals surface area contributed by atoms with E-state index in [1.807, 2.05) is 121 Å². The molecule has 0 amide bonds. The molecule has 6 aromatic carbocycles. The van der Waals surface area contributed by atoms with Crippen molar-refractivity contribution in [3.05, 3.63) is 183 Å². The molecular weight excluding hydrogens is 702 g/mol. The molecule has 0 aliphatic carbocycles. The Morgan fingerprint density at radius 2 is 1.06 bits per heavy atom. The van der Waals surface area contributed by atoms with E-state index in [2.05, 4.69) is 16.7 Å². The molecule has 0 bridgehead atoms. The summed E-state index contributed by atoms with van der Waals surface area (Å²) in [5, 5.41) is 1.84. The van der Waals surface area contributed by atoms with E-state index in [1.54, 1.807) is 24.4 Å². The fraction of sp³-hybridized carbons (Fsp3) is 0.0238. The fourth-order valence-electron chi connectivity index (χ4n) is 6.36. The first-order chi connectivity index (χ1) is 24.4. The summed E-state index contributed by atoms with van der Waals surface area (Å²) in [5.74, 6) is -0.952. The number of hydrogen-bond donors (Lipinski definition) is 0. The lowest BCUT2D eigenvalue weighted by Gasteiger charge is -2.31. The van der Waals surface area contributed by atoms with Crippen molar-refractivity contribution in [2.24, 2.45) is 9.98 Å².